The van der Waals surface area contributed by atoms with Crippen molar-refractivity contribution in [1.29, 1.82) is 0 Å². The second kappa shape index (κ2) is 7.38. The van der Waals surface area contributed by atoms with E-state index in [-0.39, 0.29) is 30.0 Å². The number of likely N-dealkylation sites (tertiary alicyclic amines) is 1. The highest BCUT2D eigenvalue weighted by atomic mass is 19.1. The van der Waals surface area contributed by atoms with Gasteiger partial charge in [-0.2, -0.15) is 0 Å². The van der Waals surface area contributed by atoms with Crippen molar-refractivity contribution in [2.24, 2.45) is 5.92 Å². The summed E-state index contributed by atoms with van der Waals surface area (Å²) in [6.45, 7) is 5.40. The van der Waals surface area contributed by atoms with Gasteiger partial charge in [-0.05, 0) is 36.5 Å². The molecule has 5 heteroatoms. The minimum atomic E-state index is -0.494. The van der Waals surface area contributed by atoms with E-state index in [9.17, 15) is 14.0 Å². The smallest absolute Gasteiger partial charge is 0.245 e. The zero-order valence-electron chi connectivity index (χ0n) is 13.1. The van der Waals surface area contributed by atoms with E-state index in [1.165, 1.54) is 12.1 Å². The van der Waals surface area contributed by atoms with Gasteiger partial charge in [0, 0.05) is 13.1 Å². The Kier molecular flexibility index (Phi) is 5.52. The molecule has 120 valence electrons. The van der Waals surface area contributed by atoms with Crippen LogP contribution in [-0.4, -0.2) is 35.8 Å². The average molecular weight is 306 g/mol. The predicted molar refractivity (Wildman–Crippen MR) is 82.7 cm³/mol. The van der Waals surface area contributed by atoms with E-state index in [0.717, 1.165) is 31.5 Å². The third-order valence-electron chi connectivity index (χ3n) is 3.94. The Hall–Kier alpha value is -1.91. The van der Waals surface area contributed by atoms with Crippen LogP contribution in [0.15, 0.2) is 24.3 Å². The second-order valence-corrected chi connectivity index (χ2v) is 6.12. The van der Waals surface area contributed by atoms with Crippen molar-refractivity contribution in [2.45, 2.75) is 39.2 Å². The molecule has 0 aliphatic carbocycles. The maximum atomic E-state index is 12.9. The number of nitrogens with zero attached hydrogens (tertiary/aromatic N) is 1. The molecule has 1 heterocycles. The molecule has 1 fully saturated rings. The fourth-order valence-electron chi connectivity index (χ4n) is 2.66. The number of benzene rings is 1. The molecule has 1 aromatic rings. The summed E-state index contributed by atoms with van der Waals surface area (Å²) in [5.74, 6) is -0.503. The minimum Gasteiger partial charge on any atom is -0.344 e. The van der Waals surface area contributed by atoms with E-state index in [1.54, 1.807) is 12.1 Å². The first-order valence-corrected chi connectivity index (χ1v) is 7.80. The first-order valence-electron chi connectivity index (χ1n) is 7.80. The summed E-state index contributed by atoms with van der Waals surface area (Å²) >= 11 is 0. The zero-order valence-corrected chi connectivity index (χ0v) is 13.1. The summed E-state index contributed by atoms with van der Waals surface area (Å²) in [6, 6.07) is 5.34. The van der Waals surface area contributed by atoms with Crippen molar-refractivity contribution < 1.29 is 14.0 Å². The van der Waals surface area contributed by atoms with Gasteiger partial charge in [0.05, 0.1) is 6.42 Å². The van der Waals surface area contributed by atoms with Crippen LogP contribution in [-0.2, 0) is 16.0 Å². The molecule has 0 saturated carbocycles. The van der Waals surface area contributed by atoms with Crippen LogP contribution in [0.25, 0.3) is 0 Å². The summed E-state index contributed by atoms with van der Waals surface area (Å²) in [7, 11) is 0. The highest BCUT2D eigenvalue weighted by molar-refractivity contribution is 5.88. The van der Waals surface area contributed by atoms with Crippen LogP contribution >= 0.6 is 0 Å². The van der Waals surface area contributed by atoms with E-state index in [1.807, 2.05) is 18.7 Å². The molecule has 1 N–H and O–H groups in total. The van der Waals surface area contributed by atoms with E-state index in [4.69, 9.17) is 0 Å². The van der Waals surface area contributed by atoms with E-state index in [0.29, 0.717) is 0 Å². The molecule has 1 aromatic carbocycles. The van der Waals surface area contributed by atoms with Gasteiger partial charge in [-0.3, -0.25) is 9.59 Å². The predicted octanol–water partition coefficient (Wildman–Crippen LogP) is 2.13. The van der Waals surface area contributed by atoms with Gasteiger partial charge in [-0.25, -0.2) is 4.39 Å². The van der Waals surface area contributed by atoms with Crippen molar-refractivity contribution in [1.82, 2.24) is 10.2 Å². The Morgan fingerprint density at radius 2 is 1.77 bits per heavy atom. The number of hydrogen-bond acceptors (Lipinski definition) is 2. The Morgan fingerprint density at radius 1 is 1.18 bits per heavy atom. The lowest BCUT2D eigenvalue weighted by Crippen LogP contribution is -2.50. The van der Waals surface area contributed by atoms with Crippen molar-refractivity contribution in [3.8, 4) is 0 Å². The van der Waals surface area contributed by atoms with Crippen molar-refractivity contribution in [3.05, 3.63) is 35.6 Å². The normalized spacial score (nSPS) is 15.9. The van der Waals surface area contributed by atoms with Crippen LogP contribution in [0.4, 0.5) is 4.39 Å². The molecule has 1 saturated heterocycles. The van der Waals surface area contributed by atoms with Crippen LogP contribution in [0, 0.1) is 11.7 Å². The van der Waals surface area contributed by atoms with Crippen LogP contribution in [0.1, 0.15) is 32.3 Å². The molecule has 0 bridgehead atoms. The number of amides is 2. The SMILES string of the molecule is CC(C)[C@H](NC(=O)Cc1ccc(F)cc1)C(=O)N1CCCC1. The van der Waals surface area contributed by atoms with Gasteiger partial charge in [0.1, 0.15) is 11.9 Å². The van der Waals surface area contributed by atoms with Gasteiger partial charge >= 0.3 is 0 Å². The number of nitrogens with one attached hydrogen (secondary N) is 1. The van der Waals surface area contributed by atoms with Crippen LogP contribution in [0.2, 0.25) is 0 Å². The van der Waals surface area contributed by atoms with Crippen LogP contribution in [0.3, 0.4) is 0 Å². The molecule has 0 aromatic heterocycles. The number of hydrogen-bond donors (Lipinski definition) is 1. The molecule has 1 aliphatic heterocycles. The zero-order chi connectivity index (χ0) is 16.1. The Bertz CT molecular complexity index is 522. The third-order valence-corrected chi connectivity index (χ3v) is 3.94. The highest BCUT2D eigenvalue weighted by Crippen LogP contribution is 2.13. The van der Waals surface area contributed by atoms with E-state index >= 15 is 0 Å². The molecule has 1 atom stereocenters. The van der Waals surface area contributed by atoms with E-state index in [2.05, 4.69) is 5.32 Å². The van der Waals surface area contributed by atoms with Gasteiger partial charge in [-0.1, -0.05) is 26.0 Å². The molecule has 1 aliphatic rings. The second-order valence-electron chi connectivity index (χ2n) is 6.12. The molecule has 0 unspecified atom stereocenters. The molecule has 0 radical (unpaired) electrons. The lowest BCUT2D eigenvalue weighted by molar-refractivity contribution is -0.136. The monoisotopic (exact) mass is 306 g/mol. The van der Waals surface area contributed by atoms with Crippen molar-refractivity contribution in [2.75, 3.05) is 13.1 Å². The fourth-order valence-corrected chi connectivity index (χ4v) is 2.66. The first-order chi connectivity index (χ1) is 10.5. The summed E-state index contributed by atoms with van der Waals surface area (Å²) in [5, 5.41) is 2.83. The number of rotatable bonds is 5. The maximum absolute atomic E-state index is 12.9. The van der Waals surface area contributed by atoms with Gasteiger partial charge in [0.2, 0.25) is 11.8 Å². The Labute approximate surface area is 130 Å². The van der Waals surface area contributed by atoms with Gasteiger partial charge in [0.15, 0.2) is 0 Å². The molecule has 0 spiro atoms. The lowest BCUT2D eigenvalue weighted by atomic mass is 10.0. The maximum Gasteiger partial charge on any atom is 0.245 e. The van der Waals surface area contributed by atoms with Gasteiger partial charge in [-0.15, -0.1) is 0 Å². The van der Waals surface area contributed by atoms with Crippen molar-refractivity contribution in [3.63, 3.8) is 0 Å². The van der Waals surface area contributed by atoms with Gasteiger partial charge in [0.25, 0.3) is 0 Å². The fraction of sp³-hybridized carbons (Fsp3) is 0.529. The molecule has 2 rings (SSSR count). The number of carbonyl (C=O) groups excluding carboxylic acids is 2. The molecular weight excluding hydrogens is 283 g/mol. The molecular formula is C17H23FN2O2. The minimum absolute atomic E-state index is 0.0000406. The molecule has 2 amide bonds. The topological polar surface area (TPSA) is 49.4 Å². The van der Waals surface area contributed by atoms with E-state index < -0.39 is 6.04 Å². The summed E-state index contributed by atoms with van der Waals surface area (Å²) < 4.78 is 12.9. The van der Waals surface area contributed by atoms with Crippen LogP contribution in [0.5, 0.6) is 0 Å². The molecule has 22 heavy (non-hydrogen) atoms. The third kappa shape index (κ3) is 4.29. The van der Waals surface area contributed by atoms with Crippen molar-refractivity contribution >= 4 is 11.8 Å². The summed E-state index contributed by atoms with van der Waals surface area (Å²) in [6.07, 6.45) is 2.21. The largest absolute Gasteiger partial charge is 0.344 e. The highest BCUT2D eigenvalue weighted by Gasteiger charge is 2.29. The average Bonchev–Trinajstić information content (AvgIpc) is 3.00. The number of halogens is 1. The standard InChI is InChI=1S/C17H23FN2O2/c1-12(2)16(17(22)20-9-3-4-10-20)19-15(21)11-13-5-7-14(18)8-6-13/h5-8,12,16H,3-4,9-11H2,1-2H3,(H,19,21)/t16-/m0/s1. The molecule has 4 nitrogen and oxygen atoms in total. The first kappa shape index (κ1) is 16.5. The summed E-state index contributed by atoms with van der Waals surface area (Å²) in [5.41, 5.74) is 0.732. The lowest BCUT2D eigenvalue weighted by Gasteiger charge is -2.26. The van der Waals surface area contributed by atoms with Crippen LogP contribution < -0.4 is 5.32 Å². The number of carbonyl (C=O) groups is 2. The summed E-state index contributed by atoms with van der Waals surface area (Å²) in [4.78, 5) is 26.5. The Balaban J connectivity index is 1.96. The Morgan fingerprint density at radius 3 is 2.32 bits per heavy atom. The quantitative estimate of drug-likeness (QED) is 0.906. The van der Waals surface area contributed by atoms with Gasteiger partial charge < -0.3 is 10.2 Å².